The molecule has 0 bridgehead atoms. The molecule has 1 amide bonds. The van der Waals surface area contributed by atoms with Crippen molar-refractivity contribution in [2.45, 2.75) is 40.2 Å². The molecule has 1 atom stereocenters. The molecule has 1 rings (SSSR count). The average molecular weight is 349 g/mol. The molecule has 0 spiro atoms. The SMILES string of the molecule is CCO/C=C(\C#N)C(=O)NC(CC(C)C)c1nc(C(=O)OCC)n[nH]1. The number of ether oxygens (including phenoxy) is 2. The summed E-state index contributed by atoms with van der Waals surface area (Å²) in [6.45, 7) is 7.94. The number of aromatic nitrogens is 3. The summed E-state index contributed by atoms with van der Waals surface area (Å²) in [6.07, 6.45) is 1.66. The molecule has 0 saturated carbocycles. The molecule has 25 heavy (non-hydrogen) atoms. The maximum atomic E-state index is 12.3. The Bertz CT molecular complexity index is 660. The summed E-state index contributed by atoms with van der Waals surface area (Å²) in [4.78, 5) is 28.0. The summed E-state index contributed by atoms with van der Waals surface area (Å²) in [6, 6.07) is 1.25. The lowest BCUT2D eigenvalue weighted by molar-refractivity contribution is -0.118. The molecule has 0 aliphatic heterocycles. The van der Waals surface area contributed by atoms with Crippen molar-refractivity contribution in [3.8, 4) is 6.07 Å². The highest BCUT2D eigenvalue weighted by Crippen LogP contribution is 2.19. The third-order valence-corrected chi connectivity index (χ3v) is 3.04. The Hall–Kier alpha value is -2.89. The van der Waals surface area contributed by atoms with E-state index in [9.17, 15) is 9.59 Å². The lowest BCUT2D eigenvalue weighted by atomic mass is 10.0. The van der Waals surface area contributed by atoms with Crippen molar-refractivity contribution >= 4 is 11.9 Å². The number of nitrogens with one attached hydrogen (secondary N) is 2. The second-order valence-electron chi connectivity index (χ2n) is 5.52. The number of carbonyl (C=O) groups is 2. The van der Waals surface area contributed by atoms with E-state index in [0.717, 1.165) is 6.26 Å². The van der Waals surface area contributed by atoms with Crippen molar-refractivity contribution in [3.63, 3.8) is 0 Å². The smallest absolute Gasteiger partial charge is 0.378 e. The number of hydrogen-bond acceptors (Lipinski definition) is 7. The van der Waals surface area contributed by atoms with Gasteiger partial charge in [-0.1, -0.05) is 13.8 Å². The average Bonchev–Trinajstić information content (AvgIpc) is 3.05. The first-order valence-electron chi connectivity index (χ1n) is 8.04. The van der Waals surface area contributed by atoms with E-state index in [4.69, 9.17) is 14.7 Å². The van der Waals surface area contributed by atoms with Crippen LogP contribution >= 0.6 is 0 Å². The number of rotatable bonds is 9. The highest BCUT2D eigenvalue weighted by Gasteiger charge is 2.24. The maximum absolute atomic E-state index is 12.3. The van der Waals surface area contributed by atoms with Crippen LogP contribution in [0.15, 0.2) is 11.8 Å². The predicted molar refractivity (Wildman–Crippen MR) is 88.0 cm³/mol. The number of esters is 1. The predicted octanol–water partition coefficient (Wildman–Crippen LogP) is 1.63. The van der Waals surface area contributed by atoms with Gasteiger partial charge in [-0.3, -0.25) is 9.89 Å². The van der Waals surface area contributed by atoms with Gasteiger partial charge in [-0.15, -0.1) is 5.10 Å². The lowest BCUT2D eigenvalue weighted by Gasteiger charge is -2.18. The summed E-state index contributed by atoms with van der Waals surface area (Å²) in [5.41, 5.74) is -0.152. The number of hydrogen-bond donors (Lipinski definition) is 2. The van der Waals surface area contributed by atoms with Crippen LogP contribution in [0.5, 0.6) is 0 Å². The summed E-state index contributed by atoms with van der Waals surface area (Å²) in [7, 11) is 0. The van der Waals surface area contributed by atoms with E-state index >= 15 is 0 Å². The van der Waals surface area contributed by atoms with Crippen LogP contribution in [0.1, 0.15) is 56.6 Å². The van der Waals surface area contributed by atoms with Crippen LogP contribution in [0, 0.1) is 17.2 Å². The van der Waals surface area contributed by atoms with Crippen LogP contribution in [-0.2, 0) is 14.3 Å². The fourth-order valence-corrected chi connectivity index (χ4v) is 1.96. The number of amides is 1. The Morgan fingerprint density at radius 1 is 1.36 bits per heavy atom. The molecule has 0 saturated heterocycles. The first-order valence-corrected chi connectivity index (χ1v) is 8.04. The number of H-pyrrole nitrogens is 1. The van der Waals surface area contributed by atoms with Gasteiger partial charge in [0.1, 0.15) is 18.2 Å². The quantitative estimate of drug-likeness (QED) is 0.300. The third kappa shape index (κ3) is 6.25. The molecule has 9 heteroatoms. The molecule has 9 nitrogen and oxygen atoms in total. The molecule has 1 unspecified atom stereocenters. The van der Waals surface area contributed by atoms with Gasteiger partial charge in [-0.05, 0) is 26.2 Å². The molecule has 1 aromatic rings. The summed E-state index contributed by atoms with van der Waals surface area (Å²) in [5.74, 6) is -0.795. The minimum Gasteiger partial charge on any atom is -0.500 e. The standard InChI is InChI=1S/C16H23N5O4/c1-5-24-9-11(8-17)15(22)18-12(7-10(3)4)13-19-14(21-20-13)16(23)25-6-2/h9-10,12H,5-7H2,1-4H3,(H,18,22)(H,19,20,21)/b11-9+. The minimum atomic E-state index is -0.645. The Labute approximate surface area is 146 Å². The topological polar surface area (TPSA) is 130 Å². The maximum Gasteiger partial charge on any atom is 0.378 e. The van der Waals surface area contributed by atoms with Gasteiger partial charge in [0.15, 0.2) is 5.57 Å². The van der Waals surface area contributed by atoms with E-state index in [2.05, 4.69) is 20.5 Å². The summed E-state index contributed by atoms with van der Waals surface area (Å²) < 4.78 is 9.84. The minimum absolute atomic E-state index is 0.106. The molecule has 0 radical (unpaired) electrons. The van der Waals surface area contributed by atoms with Gasteiger partial charge in [0.05, 0.1) is 19.3 Å². The molecule has 1 heterocycles. The van der Waals surface area contributed by atoms with Gasteiger partial charge in [0, 0.05) is 0 Å². The Balaban J connectivity index is 2.96. The van der Waals surface area contributed by atoms with Crippen molar-refractivity contribution in [3.05, 3.63) is 23.5 Å². The normalized spacial score (nSPS) is 12.4. The van der Waals surface area contributed by atoms with Crippen molar-refractivity contribution < 1.29 is 19.1 Å². The van der Waals surface area contributed by atoms with E-state index < -0.39 is 17.9 Å². The molecule has 136 valence electrons. The van der Waals surface area contributed by atoms with Crippen LogP contribution < -0.4 is 5.32 Å². The Morgan fingerprint density at radius 2 is 2.08 bits per heavy atom. The van der Waals surface area contributed by atoms with E-state index in [1.165, 1.54) is 0 Å². The van der Waals surface area contributed by atoms with Crippen LogP contribution in [0.4, 0.5) is 0 Å². The fraction of sp³-hybridized carbons (Fsp3) is 0.562. The number of carbonyl (C=O) groups excluding carboxylic acids is 2. The monoisotopic (exact) mass is 349 g/mol. The lowest BCUT2D eigenvalue weighted by Crippen LogP contribution is -2.31. The second kappa shape index (κ2) is 10.1. The van der Waals surface area contributed by atoms with Crippen molar-refractivity contribution in [2.24, 2.45) is 5.92 Å². The zero-order valence-electron chi connectivity index (χ0n) is 14.8. The zero-order valence-corrected chi connectivity index (χ0v) is 14.8. The fourth-order valence-electron chi connectivity index (χ4n) is 1.96. The summed E-state index contributed by atoms with van der Waals surface area (Å²) >= 11 is 0. The summed E-state index contributed by atoms with van der Waals surface area (Å²) in [5, 5.41) is 18.2. The van der Waals surface area contributed by atoms with E-state index in [0.29, 0.717) is 18.9 Å². The van der Waals surface area contributed by atoms with Crippen molar-refractivity contribution in [1.82, 2.24) is 20.5 Å². The molecule has 0 aromatic carbocycles. The third-order valence-electron chi connectivity index (χ3n) is 3.04. The van der Waals surface area contributed by atoms with Gasteiger partial charge < -0.3 is 14.8 Å². The molecule has 1 aromatic heterocycles. The van der Waals surface area contributed by atoms with Gasteiger partial charge in [0.25, 0.3) is 11.7 Å². The van der Waals surface area contributed by atoms with E-state index in [-0.39, 0.29) is 23.9 Å². The molecule has 2 N–H and O–H groups in total. The van der Waals surface area contributed by atoms with E-state index in [1.54, 1.807) is 19.9 Å². The van der Waals surface area contributed by atoms with Crippen LogP contribution in [0.2, 0.25) is 0 Å². The molecular formula is C16H23N5O4. The highest BCUT2D eigenvalue weighted by molar-refractivity contribution is 5.97. The number of nitriles is 1. The first-order chi connectivity index (χ1) is 11.9. The van der Waals surface area contributed by atoms with Crippen molar-refractivity contribution in [2.75, 3.05) is 13.2 Å². The molecule has 0 fully saturated rings. The van der Waals surface area contributed by atoms with Crippen molar-refractivity contribution in [1.29, 1.82) is 5.26 Å². The molecular weight excluding hydrogens is 326 g/mol. The highest BCUT2D eigenvalue weighted by atomic mass is 16.5. The Morgan fingerprint density at radius 3 is 2.64 bits per heavy atom. The van der Waals surface area contributed by atoms with Gasteiger partial charge in [-0.2, -0.15) is 5.26 Å². The zero-order chi connectivity index (χ0) is 18.8. The second-order valence-corrected chi connectivity index (χ2v) is 5.52. The number of aromatic amines is 1. The van der Waals surface area contributed by atoms with E-state index in [1.807, 2.05) is 13.8 Å². The Kier molecular flexibility index (Phi) is 8.12. The van der Waals surface area contributed by atoms with Crippen LogP contribution in [0.25, 0.3) is 0 Å². The van der Waals surface area contributed by atoms with Gasteiger partial charge in [0.2, 0.25) is 0 Å². The van der Waals surface area contributed by atoms with Crippen LogP contribution in [0.3, 0.4) is 0 Å². The molecule has 0 aliphatic carbocycles. The first kappa shape index (κ1) is 20.2. The van der Waals surface area contributed by atoms with Gasteiger partial charge >= 0.3 is 5.97 Å². The van der Waals surface area contributed by atoms with Crippen LogP contribution in [-0.4, -0.2) is 40.3 Å². The number of nitrogens with zero attached hydrogens (tertiary/aromatic N) is 3. The van der Waals surface area contributed by atoms with Gasteiger partial charge in [-0.25, -0.2) is 9.78 Å². The molecule has 0 aliphatic rings. The largest absolute Gasteiger partial charge is 0.500 e.